The van der Waals surface area contributed by atoms with Crippen molar-refractivity contribution in [2.45, 2.75) is 40.2 Å². The van der Waals surface area contributed by atoms with Crippen molar-refractivity contribution >= 4 is 5.96 Å². The molecular weight excluding hydrogens is 262 g/mol. The standard InChI is InChI=1S/C16H29N5/c1-13-6-8-20(10-14(13)21-9-7-18-12-21)15(17-5)19-11-16(2,3)4/h7,9,12-14H,6,8,10-11H2,1-5H3,(H,17,19). The first-order chi connectivity index (χ1) is 9.90. The molecule has 0 amide bonds. The van der Waals surface area contributed by atoms with Crippen LogP contribution < -0.4 is 5.32 Å². The lowest BCUT2D eigenvalue weighted by atomic mass is 9.93. The zero-order valence-electron chi connectivity index (χ0n) is 14.0. The fourth-order valence-electron chi connectivity index (χ4n) is 2.77. The molecule has 0 saturated carbocycles. The van der Waals surface area contributed by atoms with Crippen molar-refractivity contribution in [3.63, 3.8) is 0 Å². The zero-order valence-corrected chi connectivity index (χ0v) is 14.0. The molecular formula is C16H29N5. The molecule has 1 N–H and O–H groups in total. The van der Waals surface area contributed by atoms with Crippen LogP contribution in [0.5, 0.6) is 0 Å². The molecule has 0 bridgehead atoms. The number of nitrogens with zero attached hydrogens (tertiary/aromatic N) is 4. The largest absolute Gasteiger partial charge is 0.356 e. The van der Waals surface area contributed by atoms with Crippen molar-refractivity contribution < 1.29 is 0 Å². The second-order valence-corrected chi connectivity index (χ2v) is 7.25. The Morgan fingerprint density at radius 3 is 2.76 bits per heavy atom. The molecule has 2 rings (SSSR count). The van der Waals surface area contributed by atoms with E-state index in [9.17, 15) is 0 Å². The van der Waals surface area contributed by atoms with E-state index in [2.05, 4.69) is 58.7 Å². The maximum absolute atomic E-state index is 4.46. The van der Waals surface area contributed by atoms with E-state index >= 15 is 0 Å². The van der Waals surface area contributed by atoms with E-state index in [1.54, 1.807) is 0 Å². The van der Waals surface area contributed by atoms with E-state index in [1.807, 2.05) is 19.6 Å². The lowest BCUT2D eigenvalue weighted by molar-refractivity contribution is 0.188. The van der Waals surface area contributed by atoms with Gasteiger partial charge in [0.25, 0.3) is 0 Å². The minimum atomic E-state index is 0.253. The molecule has 5 heteroatoms. The Morgan fingerprint density at radius 2 is 2.19 bits per heavy atom. The van der Waals surface area contributed by atoms with Crippen LogP contribution in [0.4, 0.5) is 0 Å². The van der Waals surface area contributed by atoms with Crippen molar-refractivity contribution in [1.82, 2.24) is 19.8 Å². The van der Waals surface area contributed by atoms with Gasteiger partial charge >= 0.3 is 0 Å². The first-order valence-corrected chi connectivity index (χ1v) is 7.84. The molecule has 1 aliphatic rings. The van der Waals surface area contributed by atoms with Gasteiger partial charge in [0.1, 0.15) is 0 Å². The molecule has 1 aliphatic heterocycles. The van der Waals surface area contributed by atoms with Gasteiger partial charge in [0.05, 0.1) is 12.4 Å². The van der Waals surface area contributed by atoms with Gasteiger partial charge < -0.3 is 14.8 Å². The van der Waals surface area contributed by atoms with Crippen LogP contribution in [-0.4, -0.2) is 47.1 Å². The van der Waals surface area contributed by atoms with Crippen LogP contribution in [0.1, 0.15) is 40.2 Å². The Balaban J connectivity index is 2.02. The molecule has 2 heterocycles. The average Bonchev–Trinajstić information content (AvgIpc) is 2.93. The van der Waals surface area contributed by atoms with E-state index in [0.29, 0.717) is 12.0 Å². The van der Waals surface area contributed by atoms with Crippen molar-refractivity contribution in [3.8, 4) is 0 Å². The summed E-state index contributed by atoms with van der Waals surface area (Å²) in [5.74, 6) is 1.68. The number of hydrogen-bond acceptors (Lipinski definition) is 2. The Kier molecular flexibility index (Phi) is 4.91. The predicted octanol–water partition coefficient (Wildman–Crippen LogP) is 2.39. The van der Waals surface area contributed by atoms with Crippen LogP contribution in [0.3, 0.4) is 0 Å². The van der Waals surface area contributed by atoms with E-state index in [4.69, 9.17) is 0 Å². The van der Waals surface area contributed by atoms with Crippen molar-refractivity contribution in [2.75, 3.05) is 26.7 Å². The second-order valence-electron chi connectivity index (χ2n) is 7.25. The molecule has 1 aromatic rings. The lowest BCUT2D eigenvalue weighted by Gasteiger charge is -2.39. The Bertz CT molecular complexity index is 458. The van der Waals surface area contributed by atoms with Crippen LogP contribution in [0.2, 0.25) is 0 Å². The number of aliphatic imine (C=N–C) groups is 1. The van der Waals surface area contributed by atoms with Crippen molar-refractivity contribution in [3.05, 3.63) is 18.7 Å². The minimum Gasteiger partial charge on any atom is -0.356 e. The quantitative estimate of drug-likeness (QED) is 0.672. The highest BCUT2D eigenvalue weighted by atomic mass is 15.3. The highest BCUT2D eigenvalue weighted by molar-refractivity contribution is 5.80. The number of guanidine groups is 1. The molecule has 21 heavy (non-hydrogen) atoms. The summed E-state index contributed by atoms with van der Waals surface area (Å²) in [5.41, 5.74) is 0.253. The van der Waals surface area contributed by atoms with E-state index < -0.39 is 0 Å². The summed E-state index contributed by atoms with van der Waals surface area (Å²) in [6.07, 6.45) is 7.03. The van der Waals surface area contributed by atoms with Crippen LogP contribution in [0.15, 0.2) is 23.7 Å². The Morgan fingerprint density at radius 1 is 1.43 bits per heavy atom. The number of imidazole rings is 1. The van der Waals surface area contributed by atoms with E-state index in [1.165, 1.54) is 6.42 Å². The van der Waals surface area contributed by atoms with Gasteiger partial charge in [-0.1, -0.05) is 27.7 Å². The van der Waals surface area contributed by atoms with Crippen LogP contribution in [-0.2, 0) is 0 Å². The molecule has 0 aliphatic carbocycles. The van der Waals surface area contributed by atoms with Gasteiger partial charge in [-0.2, -0.15) is 0 Å². The van der Waals surface area contributed by atoms with E-state index in [0.717, 1.165) is 25.6 Å². The van der Waals surface area contributed by atoms with E-state index in [-0.39, 0.29) is 5.41 Å². The molecule has 0 aromatic carbocycles. The van der Waals surface area contributed by atoms with Gasteiger partial charge in [0.15, 0.2) is 5.96 Å². The van der Waals surface area contributed by atoms with Crippen molar-refractivity contribution in [2.24, 2.45) is 16.3 Å². The number of rotatable bonds is 2. The predicted molar refractivity (Wildman–Crippen MR) is 87.4 cm³/mol. The minimum absolute atomic E-state index is 0.253. The molecule has 118 valence electrons. The molecule has 0 spiro atoms. The summed E-state index contributed by atoms with van der Waals surface area (Å²) in [4.78, 5) is 11.0. The summed E-state index contributed by atoms with van der Waals surface area (Å²) < 4.78 is 2.23. The Labute approximate surface area is 128 Å². The molecule has 2 atom stereocenters. The van der Waals surface area contributed by atoms with Crippen molar-refractivity contribution in [1.29, 1.82) is 0 Å². The number of likely N-dealkylation sites (tertiary alicyclic amines) is 1. The third-order valence-corrected chi connectivity index (χ3v) is 4.11. The number of piperidine rings is 1. The topological polar surface area (TPSA) is 45.5 Å². The maximum atomic E-state index is 4.46. The molecule has 1 saturated heterocycles. The van der Waals surface area contributed by atoms with Gasteiger partial charge in [-0.15, -0.1) is 0 Å². The van der Waals surface area contributed by atoms with Crippen LogP contribution in [0.25, 0.3) is 0 Å². The number of aromatic nitrogens is 2. The highest BCUT2D eigenvalue weighted by Crippen LogP contribution is 2.27. The van der Waals surface area contributed by atoms with Gasteiger partial charge in [-0.25, -0.2) is 4.98 Å². The average molecular weight is 291 g/mol. The zero-order chi connectivity index (χ0) is 15.5. The molecule has 1 fully saturated rings. The monoisotopic (exact) mass is 291 g/mol. The highest BCUT2D eigenvalue weighted by Gasteiger charge is 2.29. The molecule has 1 aromatic heterocycles. The summed E-state index contributed by atoms with van der Waals surface area (Å²) in [7, 11) is 1.87. The summed E-state index contributed by atoms with van der Waals surface area (Å²) in [5, 5.41) is 3.51. The number of nitrogens with one attached hydrogen (secondary N) is 1. The van der Waals surface area contributed by atoms with Crippen LogP contribution in [0, 0.1) is 11.3 Å². The SMILES string of the molecule is CN=C(NCC(C)(C)C)N1CCC(C)C(n2ccnc2)C1. The first-order valence-electron chi connectivity index (χ1n) is 7.84. The fraction of sp³-hybridized carbons (Fsp3) is 0.750. The van der Waals surface area contributed by atoms with Gasteiger partial charge in [-0.3, -0.25) is 4.99 Å². The molecule has 2 unspecified atom stereocenters. The Hall–Kier alpha value is -1.52. The third kappa shape index (κ3) is 4.22. The lowest BCUT2D eigenvalue weighted by Crippen LogP contribution is -2.50. The maximum Gasteiger partial charge on any atom is 0.193 e. The first kappa shape index (κ1) is 15.9. The molecule has 0 radical (unpaired) electrons. The summed E-state index contributed by atoms with van der Waals surface area (Å²) in [6, 6.07) is 0.467. The third-order valence-electron chi connectivity index (χ3n) is 4.11. The fourth-order valence-corrected chi connectivity index (χ4v) is 2.77. The summed E-state index contributed by atoms with van der Waals surface area (Å²) in [6.45, 7) is 12.0. The second kappa shape index (κ2) is 6.50. The summed E-state index contributed by atoms with van der Waals surface area (Å²) >= 11 is 0. The number of hydrogen-bond donors (Lipinski definition) is 1. The molecule has 5 nitrogen and oxygen atoms in total. The van der Waals surface area contributed by atoms with Gasteiger partial charge in [-0.05, 0) is 17.8 Å². The van der Waals surface area contributed by atoms with Gasteiger partial charge in [0, 0.05) is 39.1 Å². The smallest absolute Gasteiger partial charge is 0.193 e. The van der Waals surface area contributed by atoms with Gasteiger partial charge in [0.2, 0.25) is 0 Å². The van der Waals surface area contributed by atoms with Crippen LogP contribution >= 0.6 is 0 Å². The normalized spacial score (nSPS) is 24.2.